The number of amides is 2. The van der Waals surface area contributed by atoms with Crippen molar-refractivity contribution in [1.82, 2.24) is 4.90 Å². The number of rotatable bonds is 6. The highest BCUT2D eigenvalue weighted by atomic mass is 32.2. The van der Waals surface area contributed by atoms with Gasteiger partial charge in [0, 0.05) is 24.2 Å². The molecule has 1 N–H and O–H groups in total. The van der Waals surface area contributed by atoms with Crippen molar-refractivity contribution in [1.29, 1.82) is 0 Å². The summed E-state index contributed by atoms with van der Waals surface area (Å²) in [7, 11) is 1.12. The van der Waals surface area contributed by atoms with Gasteiger partial charge in [0.05, 0.1) is 37.2 Å². The van der Waals surface area contributed by atoms with Crippen LogP contribution in [0, 0.1) is 0 Å². The molecule has 2 amide bonds. The Hall–Kier alpha value is -2.94. The van der Waals surface area contributed by atoms with E-state index in [1.807, 2.05) is 0 Å². The molecule has 0 spiro atoms. The van der Waals surface area contributed by atoms with Crippen molar-refractivity contribution in [2.24, 2.45) is 0 Å². The van der Waals surface area contributed by atoms with Crippen LogP contribution >= 0.6 is 0 Å². The SMILES string of the molecule is COc1cc(NC(=O)N2C3CCC2CC(S(=O)(=O)c2ccccc2)C3)cc(OC)c1OC. The summed E-state index contributed by atoms with van der Waals surface area (Å²) in [6, 6.07) is 11.4. The number of urea groups is 1. The molecule has 2 saturated heterocycles. The molecular formula is C23H28N2O6S. The highest BCUT2D eigenvalue weighted by molar-refractivity contribution is 7.92. The van der Waals surface area contributed by atoms with Crippen molar-refractivity contribution in [3.63, 3.8) is 0 Å². The number of anilines is 1. The predicted octanol–water partition coefficient (Wildman–Crippen LogP) is 3.71. The number of carbonyl (C=O) groups excluding carboxylic acids is 1. The predicted molar refractivity (Wildman–Crippen MR) is 120 cm³/mol. The molecule has 2 atom stereocenters. The van der Waals surface area contributed by atoms with Crippen LogP contribution in [0.15, 0.2) is 47.4 Å². The number of nitrogens with one attached hydrogen (secondary N) is 1. The summed E-state index contributed by atoms with van der Waals surface area (Å²) < 4.78 is 42.3. The van der Waals surface area contributed by atoms with Crippen LogP contribution in [-0.4, -0.2) is 58.0 Å². The molecule has 2 bridgehead atoms. The van der Waals surface area contributed by atoms with Crippen LogP contribution in [0.3, 0.4) is 0 Å². The molecule has 2 fully saturated rings. The normalized spacial score (nSPS) is 22.3. The number of carbonyl (C=O) groups is 1. The molecule has 2 aliphatic rings. The standard InChI is InChI=1S/C23H28N2O6S/c1-29-20-11-15(12-21(30-2)22(20)31-3)24-23(26)25-16-9-10-17(25)14-19(13-16)32(27,28)18-7-5-4-6-8-18/h4-8,11-12,16-17,19H,9-10,13-14H2,1-3H3,(H,24,26). The van der Waals surface area contributed by atoms with Gasteiger partial charge in [-0.1, -0.05) is 18.2 Å². The summed E-state index contributed by atoms with van der Waals surface area (Å²) in [6.45, 7) is 0. The lowest BCUT2D eigenvalue weighted by molar-refractivity contribution is 0.160. The van der Waals surface area contributed by atoms with Crippen molar-refractivity contribution >= 4 is 21.6 Å². The smallest absolute Gasteiger partial charge is 0.322 e. The number of hydrogen-bond donors (Lipinski definition) is 1. The molecule has 0 radical (unpaired) electrons. The van der Waals surface area contributed by atoms with Crippen LogP contribution in [0.25, 0.3) is 0 Å². The van der Waals surface area contributed by atoms with Crippen LogP contribution in [0.4, 0.5) is 10.5 Å². The second kappa shape index (κ2) is 8.90. The number of hydrogen-bond acceptors (Lipinski definition) is 6. The topological polar surface area (TPSA) is 94.2 Å². The Morgan fingerprint density at radius 3 is 2.00 bits per heavy atom. The maximum absolute atomic E-state index is 13.2. The van der Waals surface area contributed by atoms with Crippen molar-refractivity contribution in [3.8, 4) is 17.2 Å². The third kappa shape index (κ3) is 3.97. The van der Waals surface area contributed by atoms with E-state index < -0.39 is 15.1 Å². The summed E-state index contributed by atoms with van der Waals surface area (Å²) in [5.41, 5.74) is 0.517. The average molecular weight is 461 g/mol. The van der Waals surface area contributed by atoms with Crippen LogP contribution in [-0.2, 0) is 9.84 Å². The van der Waals surface area contributed by atoms with Gasteiger partial charge in [-0.25, -0.2) is 13.2 Å². The molecule has 2 heterocycles. The molecule has 2 aromatic carbocycles. The lowest BCUT2D eigenvalue weighted by Crippen LogP contribution is -2.51. The number of fused-ring (bicyclic) bond motifs is 2. The van der Waals surface area contributed by atoms with Gasteiger partial charge in [-0.05, 0) is 37.8 Å². The monoisotopic (exact) mass is 460 g/mol. The van der Waals surface area contributed by atoms with E-state index in [0.29, 0.717) is 40.7 Å². The second-order valence-electron chi connectivity index (χ2n) is 8.09. The van der Waals surface area contributed by atoms with Crippen LogP contribution in [0.5, 0.6) is 17.2 Å². The minimum atomic E-state index is -3.43. The highest BCUT2D eigenvalue weighted by Gasteiger charge is 2.47. The summed E-state index contributed by atoms with van der Waals surface area (Å²) in [5.74, 6) is 1.33. The largest absolute Gasteiger partial charge is 0.493 e. The van der Waals surface area contributed by atoms with Crippen LogP contribution in [0.2, 0.25) is 0 Å². The summed E-state index contributed by atoms with van der Waals surface area (Å²) >= 11 is 0. The number of ether oxygens (including phenoxy) is 3. The van der Waals surface area contributed by atoms with Gasteiger partial charge in [0.15, 0.2) is 21.3 Å². The highest BCUT2D eigenvalue weighted by Crippen LogP contribution is 2.42. The molecule has 32 heavy (non-hydrogen) atoms. The quantitative estimate of drug-likeness (QED) is 0.706. The zero-order chi connectivity index (χ0) is 22.9. The first-order chi connectivity index (χ1) is 15.4. The number of benzene rings is 2. The van der Waals surface area contributed by atoms with Crippen molar-refractivity contribution in [2.75, 3.05) is 26.6 Å². The fourth-order valence-corrected chi connectivity index (χ4v) is 6.73. The molecule has 4 rings (SSSR count). The Kier molecular flexibility index (Phi) is 6.19. The van der Waals surface area contributed by atoms with E-state index in [2.05, 4.69) is 5.32 Å². The lowest BCUT2D eigenvalue weighted by Gasteiger charge is -2.38. The van der Waals surface area contributed by atoms with E-state index in [9.17, 15) is 13.2 Å². The van der Waals surface area contributed by atoms with E-state index >= 15 is 0 Å². The lowest BCUT2D eigenvalue weighted by atomic mass is 10.0. The maximum Gasteiger partial charge on any atom is 0.322 e. The van der Waals surface area contributed by atoms with E-state index in [0.717, 1.165) is 12.8 Å². The van der Waals surface area contributed by atoms with Gasteiger partial charge in [-0.2, -0.15) is 0 Å². The number of sulfone groups is 1. The first-order valence-corrected chi connectivity index (χ1v) is 12.1. The molecule has 172 valence electrons. The Morgan fingerprint density at radius 1 is 0.938 bits per heavy atom. The third-order valence-corrected chi connectivity index (χ3v) is 8.54. The summed E-state index contributed by atoms with van der Waals surface area (Å²) in [5, 5.41) is 2.44. The van der Waals surface area contributed by atoms with Crippen LogP contribution < -0.4 is 19.5 Å². The van der Waals surface area contributed by atoms with Gasteiger partial charge in [-0.3, -0.25) is 0 Å². The fraction of sp³-hybridized carbons (Fsp3) is 0.435. The van der Waals surface area contributed by atoms with Gasteiger partial charge >= 0.3 is 6.03 Å². The molecular weight excluding hydrogens is 432 g/mol. The molecule has 8 nitrogen and oxygen atoms in total. The minimum Gasteiger partial charge on any atom is -0.493 e. The summed E-state index contributed by atoms with van der Waals surface area (Å²) in [4.78, 5) is 15.3. The number of methoxy groups -OCH3 is 3. The van der Waals surface area contributed by atoms with E-state index in [4.69, 9.17) is 14.2 Å². The van der Waals surface area contributed by atoms with Crippen molar-refractivity contribution in [2.45, 2.75) is 47.9 Å². The van der Waals surface area contributed by atoms with E-state index in [-0.39, 0.29) is 18.1 Å². The van der Waals surface area contributed by atoms with Gasteiger partial charge in [0.25, 0.3) is 0 Å². The average Bonchev–Trinajstić information content (AvgIpc) is 3.08. The molecule has 2 unspecified atom stereocenters. The van der Waals surface area contributed by atoms with Gasteiger partial charge in [0.1, 0.15) is 0 Å². The maximum atomic E-state index is 13.2. The molecule has 2 aromatic rings. The van der Waals surface area contributed by atoms with Gasteiger partial charge in [-0.15, -0.1) is 0 Å². The first-order valence-electron chi connectivity index (χ1n) is 10.6. The fourth-order valence-electron chi connectivity index (χ4n) is 4.86. The zero-order valence-corrected chi connectivity index (χ0v) is 19.2. The van der Waals surface area contributed by atoms with Crippen molar-refractivity contribution < 1.29 is 27.4 Å². The van der Waals surface area contributed by atoms with Crippen LogP contribution in [0.1, 0.15) is 25.7 Å². The Labute approximate surface area is 188 Å². The van der Waals surface area contributed by atoms with Crippen molar-refractivity contribution in [3.05, 3.63) is 42.5 Å². The summed E-state index contributed by atoms with van der Waals surface area (Å²) in [6.07, 6.45) is 2.48. The Morgan fingerprint density at radius 2 is 1.50 bits per heavy atom. The molecule has 0 saturated carbocycles. The van der Waals surface area contributed by atoms with Gasteiger partial charge in [0.2, 0.25) is 5.75 Å². The van der Waals surface area contributed by atoms with Gasteiger partial charge < -0.3 is 24.4 Å². The molecule has 0 aliphatic carbocycles. The second-order valence-corrected chi connectivity index (χ2v) is 10.3. The van der Waals surface area contributed by atoms with E-state index in [1.54, 1.807) is 47.4 Å². The Balaban J connectivity index is 1.51. The minimum absolute atomic E-state index is 0.112. The number of piperidine rings is 1. The molecule has 9 heteroatoms. The van der Waals surface area contributed by atoms with E-state index in [1.165, 1.54) is 21.3 Å². The zero-order valence-electron chi connectivity index (χ0n) is 18.4. The third-order valence-electron chi connectivity index (χ3n) is 6.35. The Bertz CT molecular complexity index is 1050. The molecule has 2 aliphatic heterocycles. The first kappa shape index (κ1) is 22.3. The molecule has 0 aromatic heterocycles. The number of nitrogens with zero attached hydrogens (tertiary/aromatic N) is 1.